The number of rotatable bonds is 10. The first-order valence-corrected chi connectivity index (χ1v) is 10.1. The van der Waals surface area contributed by atoms with Gasteiger partial charge in [0.05, 0.1) is 37.1 Å². The molecular formula is C22H25ClN2O7. The highest BCUT2D eigenvalue weighted by atomic mass is 35.5. The van der Waals surface area contributed by atoms with Gasteiger partial charge in [0.25, 0.3) is 5.91 Å². The number of hydrogen-bond acceptors (Lipinski definition) is 7. The van der Waals surface area contributed by atoms with Crippen LogP contribution < -0.4 is 24.8 Å². The normalized spacial score (nSPS) is 10.2. The van der Waals surface area contributed by atoms with Crippen molar-refractivity contribution in [2.45, 2.75) is 20.3 Å². The molecular weight excluding hydrogens is 440 g/mol. The fraction of sp³-hybridized carbons (Fsp3) is 0.318. The second kappa shape index (κ2) is 11.8. The van der Waals surface area contributed by atoms with Crippen LogP contribution in [0.3, 0.4) is 0 Å². The van der Waals surface area contributed by atoms with Gasteiger partial charge >= 0.3 is 5.97 Å². The van der Waals surface area contributed by atoms with Crippen LogP contribution in [0.1, 0.15) is 30.6 Å². The van der Waals surface area contributed by atoms with Crippen LogP contribution >= 0.6 is 11.6 Å². The maximum Gasteiger partial charge on any atom is 0.338 e. The van der Waals surface area contributed by atoms with Crippen LogP contribution in [0.4, 0.5) is 11.4 Å². The lowest BCUT2D eigenvalue weighted by atomic mass is 10.2. The van der Waals surface area contributed by atoms with Crippen molar-refractivity contribution in [2.75, 3.05) is 38.1 Å². The maximum atomic E-state index is 12.4. The van der Waals surface area contributed by atoms with Gasteiger partial charge in [-0.05, 0) is 36.8 Å². The summed E-state index contributed by atoms with van der Waals surface area (Å²) in [5, 5.41) is 5.38. The number of methoxy groups -OCH3 is 2. The minimum atomic E-state index is -0.763. The molecule has 9 nitrogen and oxygen atoms in total. The number of hydrogen-bond donors (Lipinski definition) is 2. The molecule has 0 heterocycles. The number of anilines is 2. The zero-order valence-corrected chi connectivity index (χ0v) is 19.0. The highest BCUT2D eigenvalue weighted by Crippen LogP contribution is 2.36. The van der Waals surface area contributed by atoms with E-state index in [1.165, 1.54) is 39.3 Å². The molecule has 2 amide bonds. The van der Waals surface area contributed by atoms with E-state index in [-0.39, 0.29) is 22.2 Å². The van der Waals surface area contributed by atoms with Crippen LogP contribution in [-0.4, -0.2) is 45.2 Å². The second-order valence-corrected chi connectivity index (χ2v) is 6.97. The van der Waals surface area contributed by atoms with Gasteiger partial charge in [0.2, 0.25) is 5.91 Å². The van der Waals surface area contributed by atoms with Crippen molar-refractivity contribution in [3.63, 3.8) is 0 Å². The van der Waals surface area contributed by atoms with Gasteiger partial charge in [0, 0.05) is 12.6 Å². The highest BCUT2D eigenvalue weighted by Gasteiger charge is 2.18. The summed E-state index contributed by atoms with van der Waals surface area (Å²) in [6, 6.07) is 7.55. The van der Waals surface area contributed by atoms with Gasteiger partial charge in [-0.25, -0.2) is 4.79 Å². The van der Waals surface area contributed by atoms with Crippen molar-refractivity contribution >= 4 is 40.8 Å². The molecule has 2 aromatic rings. The fourth-order valence-corrected chi connectivity index (χ4v) is 2.93. The van der Waals surface area contributed by atoms with Crippen molar-refractivity contribution in [3.8, 4) is 17.2 Å². The lowest BCUT2D eigenvalue weighted by Gasteiger charge is -2.14. The van der Waals surface area contributed by atoms with Gasteiger partial charge < -0.3 is 29.6 Å². The Kier molecular flexibility index (Phi) is 9.15. The number of esters is 1. The van der Waals surface area contributed by atoms with Crippen molar-refractivity contribution in [3.05, 3.63) is 40.9 Å². The molecule has 0 saturated carbocycles. The van der Waals surface area contributed by atoms with Gasteiger partial charge in [-0.15, -0.1) is 0 Å². The van der Waals surface area contributed by atoms with E-state index in [1.54, 1.807) is 12.1 Å². The molecule has 32 heavy (non-hydrogen) atoms. The van der Waals surface area contributed by atoms with Gasteiger partial charge in [-0.2, -0.15) is 0 Å². The Labute approximate surface area is 190 Å². The van der Waals surface area contributed by atoms with E-state index in [2.05, 4.69) is 10.6 Å². The number of ether oxygens (including phenoxy) is 4. The van der Waals surface area contributed by atoms with E-state index in [0.29, 0.717) is 29.5 Å². The summed E-state index contributed by atoms with van der Waals surface area (Å²) in [6.07, 6.45) is 0.775. The summed E-state index contributed by atoms with van der Waals surface area (Å²) in [6.45, 7) is 3.20. The summed E-state index contributed by atoms with van der Waals surface area (Å²) in [4.78, 5) is 36.0. The summed E-state index contributed by atoms with van der Waals surface area (Å²) in [5.41, 5.74) is 0.883. The fourth-order valence-electron chi connectivity index (χ4n) is 2.67. The average Bonchev–Trinajstić information content (AvgIpc) is 2.76. The minimum absolute atomic E-state index is 0.105. The van der Waals surface area contributed by atoms with Crippen molar-refractivity contribution in [1.82, 2.24) is 0 Å². The second-order valence-electron chi connectivity index (χ2n) is 6.56. The summed E-state index contributed by atoms with van der Waals surface area (Å²) < 4.78 is 21.1. The largest absolute Gasteiger partial charge is 0.495 e. The maximum absolute atomic E-state index is 12.4. The molecule has 0 fully saturated rings. The number of carbonyl (C=O) groups excluding carboxylic acids is 3. The number of carbonyl (C=O) groups is 3. The molecule has 10 heteroatoms. The van der Waals surface area contributed by atoms with E-state index in [0.717, 1.165) is 6.42 Å². The van der Waals surface area contributed by atoms with E-state index in [1.807, 2.05) is 6.92 Å². The minimum Gasteiger partial charge on any atom is -0.495 e. The Morgan fingerprint density at radius 3 is 2.34 bits per heavy atom. The van der Waals surface area contributed by atoms with Crippen LogP contribution in [0.2, 0.25) is 5.02 Å². The molecule has 0 spiro atoms. The SMILES string of the molecule is CCCOc1c(Cl)cc(C(=O)OCC(=O)Nc2cc(NC(C)=O)ccc2OC)cc1OC. The van der Waals surface area contributed by atoms with Gasteiger partial charge in [-0.3, -0.25) is 9.59 Å². The topological polar surface area (TPSA) is 112 Å². The van der Waals surface area contributed by atoms with Crippen LogP contribution in [-0.2, 0) is 14.3 Å². The molecule has 0 atom stereocenters. The Balaban J connectivity index is 2.06. The van der Waals surface area contributed by atoms with Crippen LogP contribution in [0.5, 0.6) is 17.2 Å². The van der Waals surface area contributed by atoms with Crippen molar-refractivity contribution < 1.29 is 33.3 Å². The number of nitrogens with one attached hydrogen (secondary N) is 2. The first-order chi connectivity index (χ1) is 15.3. The standard InChI is InChI=1S/C22H25ClN2O7/c1-5-8-31-21-16(23)9-14(10-19(21)30-4)22(28)32-12-20(27)25-17-11-15(24-13(2)26)6-7-18(17)29-3/h6-7,9-11H,5,8,12H2,1-4H3,(H,24,26)(H,25,27). The molecule has 172 valence electrons. The first kappa shape index (κ1) is 24.8. The van der Waals surface area contributed by atoms with Crippen LogP contribution in [0, 0.1) is 0 Å². The Morgan fingerprint density at radius 2 is 1.72 bits per heavy atom. The molecule has 2 N–H and O–H groups in total. The van der Waals surface area contributed by atoms with E-state index >= 15 is 0 Å². The predicted octanol–water partition coefficient (Wildman–Crippen LogP) is 3.90. The lowest BCUT2D eigenvalue weighted by molar-refractivity contribution is -0.119. The van der Waals surface area contributed by atoms with Crippen LogP contribution in [0.15, 0.2) is 30.3 Å². The summed E-state index contributed by atoms with van der Waals surface area (Å²) in [5.74, 6) is -0.642. The number of amides is 2. The molecule has 0 bridgehead atoms. The van der Waals surface area contributed by atoms with E-state index in [4.69, 9.17) is 30.5 Å². The van der Waals surface area contributed by atoms with Gasteiger partial charge in [0.15, 0.2) is 18.1 Å². The molecule has 0 aliphatic rings. The third-order valence-electron chi connectivity index (χ3n) is 4.04. The molecule has 0 radical (unpaired) electrons. The number of halogens is 1. The molecule has 2 rings (SSSR count). The smallest absolute Gasteiger partial charge is 0.338 e. The van der Waals surface area contributed by atoms with Gasteiger partial charge in [-0.1, -0.05) is 18.5 Å². The third-order valence-corrected chi connectivity index (χ3v) is 4.32. The van der Waals surface area contributed by atoms with E-state index in [9.17, 15) is 14.4 Å². The average molecular weight is 465 g/mol. The van der Waals surface area contributed by atoms with Crippen molar-refractivity contribution in [1.29, 1.82) is 0 Å². The molecule has 0 saturated heterocycles. The Bertz CT molecular complexity index is 994. The monoisotopic (exact) mass is 464 g/mol. The lowest BCUT2D eigenvalue weighted by Crippen LogP contribution is -2.21. The van der Waals surface area contributed by atoms with Crippen molar-refractivity contribution in [2.24, 2.45) is 0 Å². The highest BCUT2D eigenvalue weighted by molar-refractivity contribution is 6.32. The molecule has 2 aromatic carbocycles. The first-order valence-electron chi connectivity index (χ1n) is 9.72. The van der Waals surface area contributed by atoms with Crippen LogP contribution in [0.25, 0.3) is 0 Å². The summed E-state index contributed by atoms with van der Waals surface area (Å²) in [7, 11) is 2.86. The molecule has 0 aliphatic carbocycles. The van der Waals surface area contributed by atoms with E-state index < -0.39 is 18.5 Å². The molecule has 0 unspecified atom stereocenters. The zero-order valence-electron chi connectivity index (χ0n) is 18.2. The zero-order chi connectivity index (χ0) is 23.7. The van der Waals surface area contributed by atoms with Gasteiger partial charge in [0.1, 0.15) is 5.75 Å². The third kappa shape index (κ3) is 6.78. The number of benzene rings is 2. The Morgan fingerprint density at radius 1 is 1.00 bits per heavy atom. The Hall–Kier alpha value is -3.46. The summed E-state index contributed by atoms with van der Waals surface area (Å²) >= 11 is 6.21. The quantitative estimate of drug-likeness (QED) is 0.513. The molecule has 0 aromatic heterocycles. The predicted molar refractivity (Wildman–Crippen MR) is 120 cm³/mol. The molecule has 0 aliphatic heterocycles.